The van der Waals surface area contributed by atoms with E-state index in [9.17, 15) is 0 Å². The minimum atomic E-state index is 0.682. The standard InChI is InChI=1S/C15H13BrN2/c1-11-5-4-7-12(9-17)15(11)18-10-13-6-2-3-8-14(13)16/h2-8,18H,10H2,1H3. The molecule has 2 aromatic carbocycles. The molecule has 0 fully saturated rings. The molecule has 2 aromatic rings. The maximum atomic E-state index is 9.10. The summed E-state index contributed by atoms with van der Waals surface area (Å²) in [5.74, 6) is 0. The highest BCUT2D eigenvalue weighted by Gasteiger charge is 2.05. The number of hydrogen-bond acceptors (Lipinski definition) is 2. The third-order valence-electron chi connectivity index (χ3n) is 2.81. The Labute approximate surface area is 115 Å². The SMILES string of the molecule is Cc1cccc(C#N)c1NCc1ccccc1Br. The molecular formula is C15H13BrN2. The summed E-state index contributed by atoms with van der Waals surface area (Å²) in [4.78, 5) is 0. The normalized spacial score (nSPS) is 9.83. The molecule has 0 amide bonds. The summed E-state index contributed by atoms with van der Waals surface area (Å²) in [6.07, 6.45) is 0. The van der Waals surface area contributed by atoms with Gasteiger partial charge < -0.3 is 5.32 Å². The molecule has 0 aliphatic heterocycles. The molecule has 0 heterocycles. The summed E-state index contributed by atoms with van der Waals surface area (Å²) in [6, 6.07) is 16.0. The predicted octanol–water partition coefficient (Wildman–Crippen LogP) is 4.24. The number of nitrogens with zero attached hydrogens (tertiary/aromatic N) is 1. The van der Waals surface area contributed by atoms with Gasteiger partial charge in [-0.2, -0.15) is 5.26 Å². The second kappa shape index (κ2) is 5.70. The Hall–Kier alpha value is -1.79. The first kappa shape index (κ1) is 12.7. The molecule has 0 atom stereocenters. The van der Waals surface area contributed by atoms with Crippen molar-refractivity contribution in [3.05, 3.63) is 63.6 Å². The summed E-state index contributed by atoms with van der Waals surface area (Å²) in [5, 5.41) is 12.4. The fraction of sp³-hybridized carbons (Fsp3) is 0.133. The van der Waals surface area contributed by atoms with Gasteiger partial charge in [0.15, 0.2) is 0 Å². The Morgan fingerprint density at radius 1 is 1.17 bits per heavy atom. The molecule has 0 unspecified atom stereocenters. The van der Waals surface area contributed by atoms with Crippen molar-refractivity contribution in [1.29, 1.82) is 5.26 Å². The summed E-state index contributed by atoms with van der Waals surface area (Å²) in [5.41, 5.74) is 3.85. The molecular weight excluding hydrogens is 288 g/mol. The van der Waals surface area contributed by atoms with E-state index in [1.807, 2.05) is 43.3 Å². The first-order valence-corrected chi connectivity index (χ1v) is 6.48. The molecule has 90 valence electrons. The second-order valence-electron chi connectivity index (χ2n) is 4.05. The molecule has 0 aliphatic carbocycles. The molecule has 1 N–H and O–H groups in total. The van der Waals surface area contributed by atoms with Gasteiger partial charge in [-0.1, -0.05) is 46.3 Å². The van der Waals surface area contributed by atoms with Crippen LogP contribution in [0.5, 0.6) is 0 Å². The second-order valence-corrected chi connectivity index (χ2v) is 4.91. The topological polar surface area (TPSA) is 35.8 Å². The van der Waals surface area contributed by atoms with Crippen molar-refractivity contribution in [1.82, 2.24) is 0 Å². The Morgan fingerprint density at radius 2 is 1.94 bits per heavy atom. The van der Waals surface area contributed by atoms with E-state index in [4.69, 9.17) is 5.26 Å². The lowest BCUT2D eigenvalue weighted by Crippen LogP contribution is -2.03. The van der Waals surface area contributed by atoms with Crippen LogP contribution in [0.4, 0.5) is 5.69 Å². The van der Waals surface area contributed by atoms with Crippen LogP contribution in [0.25, 0.3) is 0 Å². The molecule has 3 heteroatoms. The van der Waals surface area contributed by atoms with E-state index < -0.39 is 0 Å². The Kier molecular flexibility index (Phi) is 4.01. The lowest BCUT2D eigenvalue weighted by atomic mass is 10.1. The molecule has 18 heavy (non-hydrogen) atoms. The van der Waals surface area contributed by atoms with Crippen LogP contribution in [0.2, 0.25) is 0 Å². The number of hydrogen-bond donors (Lipinski definition) is 1. The zero-order valence-electron chi connectivity index (χ0n) is 10.1. The average Bonchev–Trinajstić information content (AvgIpc) is 2.39. The van der Waals surface area contributed by atoms with Crippen LogP contribution >= 0.6 is 15.9 Å². The number of aryl methyl sites for hydroxylation is 1. The fourth-order valence-corrected chi connectivity index (χ4v) is 2.25. The van der Waals surface area contributed by atoms with Crippen LogP contribution in [-0.2, 0) is 6.54 Å². The maximum Gasteiger partial charge on any atom is 0.101 e. The van der Waals surface area contributed by atoms with Gasteiger partial charge in [0.05, 0.1) is 11.3 Å². The summed E-state index contributed by atoms with van der Waals surface area (Å²) < 4.78 is 1.07. The fourth-order valence-electron chi connectivity index (χ4n) is 1.82. The Balaban J connectivity index is 2.22. The van der Waals surface area contributed by atoms with E-state index >= 15 is 0 Å². The van der Waals surface area contributed by atoms with Crippen molar-refractivity contribution in [2.75, 3.05) is 5.32 Å². The van der Waals surface area contributed by atoms with Gasteiger partial charge in [0, 0.05) is 11.0 Å². The number of nitrogens with one attached hydrogen (secondary N) is 1. The number of para-hydroxylation sites is 1. The lowest BCUT2D eigenvalue weighted by Gasteiger charge is -2.12. The van der Waals surface area contributed by atoms with Gasteiger partial charge in [0.1, 0.15) is 6.07 Å². The number of halogens is 1. The minimum Gasteiger partial charge on any atom is -0.380 e. The third kappa shape index (κ3) is 2.72. The van der Waals surface area contributed by atoms with Gasteiger partial charge in [-0.25, -0.2) is 0 Å². The van der Waals surface area contributed by atoms with E-state index in [0.717, 1.165) is 15.7 Å². The molecule has 0 saturated carbocycles. The molecule has 0 bridgehead atoms. The summed E-state index contributed by atoms with van der Waals surface area (Å²) in [7, 11) is 0. The van der Waals surface area contributed by atoms with Crippen molar-refractivity contribution >= 4 is 21.6 Å². The maximum absolute atomic E-state index is 9.10. The summed E-state index contributed by atoms with van der Waals surface area (Å²) >= 11 is 3.52. The van der Waals surface area contributed by atoms with Crippen molar-refractivity contribution in [3.8, 4) is 6.07 Å². The monoisotopic (exact) mass is 300 g/mol. The van der Waals surface area contributed by atoms with Gasteiger partial charge in [-0.05, 0) is 30.2 Å². The Bertz CT molecular complexity index is 600. The first-order valence-electron chi connectivity index (χ1n) is 5.69. The van der Waals surface area contributed by atoms with E-state index in [1.165, 1.54) is 5.56 Å². The molecule has 0 saturated heterocycles. The van der Waals surface area contributed by atoms with Crippen LogP contribution < -0.4 is 5.32 Å². The third-order valence-corrected chi connectivity index (χ3v) is 3.58. The van der Waals surface area contributed by atoms with Gasteiger partial charge in [0.2, 0.25) is 0 Å². The largest absolute Gasteiger partial charge is 0.380 e. The number of rotatable bonds is 3. The quantitative estimate of drug-likeness (QED) is 0.920. The molecule has 2 nitrogen and oxygen atoms in total. The van der Waals surface area contributed by atoms with E-state index in [2.05, 4.69) is 33.4 Å². The van der Waals surface area contributed by atoms with E-state index in [-0.39, 0.29) is 0 Å². The zero-order valence-corrected chi connectivity index (χ0v) is 11.7. The van der Waals surface area contributed by atoms with Gasteiger partial charge >= 0.3 is 0 Å². The lowest BCUT2D eigenvalue weighted by molar-refractivity contribution is 1.12. The molecule has 2 rings (SSSR count). The van der Waals surface area contributed by atoms with Crippen LogP contribution in [0.15, 0.2) is 46.9 Å². The molecule has 0 aliphatic rings. The van der Waals surface area contributed by atoms with Crippen molar-refractivity contribution < 1.29 is 0 Å². The van der Waals surface area contributed by atoms with Crippen LogP contribution in [0.3, 0.4) is 0 Å². The number of anilines is 1. The summed E-state index contributed by atoms with van der Waals surface area (Å²) in [6.45, 7) is 2.70. The highest BCUT2D eigenvalue weighted by Crippen LogP contribution is 2.22. The van der Waals surface area contributed by atoms with Gasteiger partial charge in [0.25, 0.3) is 0 Å². The minimum absolute atomic E-state index is 0.682. The highest BCUT2D eigenvalue weighted by atomic mass is 79.9. The zero-order chi connectivity index (χ0) is 13.0. The van der Waals surface area contributed by atoms with Gasteiger partial charge in [-0.15, -0.1) is 0 Å². The van der Waals surface area contributed by atoms with Crippen molar-refractivity contribution in [2.45, 2.75) is 13.5 Å². The van der Waals surface area contributed by atoms with Crippen molar-refractivity contribution in [3.63, 3.8) is 0 Å². The van der Waals surface area contributed by atoms with Crippen LogP contribution in [-0.4, -0.2) is 0 Å². The van der Waals surface area contributed by atoms with E-state index in [1.54, 1.807) is 0 Å². The molecule has 0 aromatic heterocycles. The average molecular weight is 301 g/mol. The highest BCUT2D eigenvalue weighted by molar-refractivity contribution is 9.10. The predicted molar refractivity (Wildman–Crippen MR) is 77.4 cm³/mol. The molecule has 0 spiro atoms. The number of nitriles is 1. The molecule has 0 radical (unpaired) electrons. The van der Waals surface area contributed by atoms with E-state index in [0.29, 0.717) is 12.1 Å². The van der Waals surface area contributed by atoms with Crippen molar-refractivity contribution in [2.24, 2.45) is 0 Å². The van der Waals surface area contributed by atoms with Crippen LogP contribution in [0.1, 0.15) is 16.7 Å². The van der Waals surface area contributed by atoms with Gasteiger partial charge in [-0.3, -0.25) is 0 Å². The first-order chi connectivity index (χ1) is 8.72. The van der Waals surface area contributed by atoms with Crippen LogP contribution in [0, 0.1) is 18.3 Å². The Morgan fingerprint density at radius 3 is 2.67 bits per heavy atom. The smallest absolute Gasteiger partial charge is 0.101 e. The number of benzene rings is 2.